The first-order valence-corrected chi connectivity index (χ1v) is 6.75. The highest BCUT2D eigenvalue weighted by Crippen LogP contribution is 2.30. The van der Waals surface area contributed by atoms with Crippen molar-refractivity contribution in [2.75, 3.05) is 0 Å². The molecule has 1 heterocycles. The molecule has 0 radical (unpaired) electrons. The fourth-order valence-corrected chi connectivity index (χ4v) is 1.96. The molecule has 0 aliphatic carbocycles. The molecule has 2 rings (SSSR count). The number of rotatable bonds is 3. The van der Waals surface area contributed by atoms with Crippen LogP contribution in [0.2, 0.25) is 0 Å². The lowest BCUT2D eigenvalue weighted by Crippen LogP contribution is -2.11. The van der Waals surface area contributed by atoms with E-state index in [1.807, 2.05) is 13.0 Å². The molecule has 1 aromatic carbocycles. The topological polar surface area (TPSA) is 42.4 Å². The van der Waals surface area contributed by atoms with Gasteiger partial charge in [-0.1, -0.05) is 32.9 Å². The molecule has 1 N–H and O–H groups in total. The van der Waals surface area contributed by atoms with Crippen molar-refractivity contribution in [2.45, 2.75) is 39.7 Å². The van der Waals surface area contributed by atoms with Gasteiger partial charge in [-0.05, 0) is 35.6 Å². The Morgan fingerprint density at radius 3 is 2.50 bits per heavy atom. The third kappa shape index (κ3) is 3.36. The lowest BCUT2D eigenvalue weighted by atomic mass is 9.86. The fourth-order valence-electron chi connectivity index (χ4n) is 1.96. The van der Waals surface area contributed by atoms with Crippen LogP contribution in [0.15, 0.2) is 36.5 Å². The van der Waals surface area contributed by atoms with E-state index < -0.39 is 0 Å². The molecule has 0 fully saturated rings. The van der Waals surface area contributed by atoms with Gasteiger partial charge in [0.25, 0.3) is 0 Å². The summed E-state index contributed by atoms with van der Waals surface area (Å²) in [7, 11) is 0. The van der Waals surface area contributed by atoms with Crippen LogP contribution in [0.4, 0.5) is 0 Å². The van der Waals surface area contributed by atoms with Crippen LogP contribution in [-0.4, -0.2) is 10.1 Å². The monoisotopic (exact) mass is 271 g/mol. The lowest BCUT2D eigenvalue weighted by Gasteiger charge is -2.20. The summed E-state index contributed by atoms with van der Waals surface area (Å²) in [5.41, 5.74) is 3.11. The summed E-state index contributed by atoms with van der Waals surface area (Å²) in [5.74, 6) is 1.52. The van der Waals surface area contributed by atoms with Crippen molar-refractivity contribution in [3.05, 3.63) is 53.3 Å². The van der Waals surface area contributed by atoms with Crippen molar-refractivity contribution in [1.29, 1.82) is 0 Å². The van der Waals surface area contributed by atoms with Gasteiger partial charge in [0.1, 0.15) is 11.5 Å². The van der Waals surface area contributed by atoms with Gasteiger partial charge < -0.3 is 9.84 Å². The van der Waals surface area contributed by atoms with Gasteiger partial charge in [0.2, 0.25) is 0 Å². The highest BCUT2D eigenvalue weighted by atomic mass is 16.5. The molecule has 0 atom stereocenters. The third-order valence-electron chi connectivity index (χ3n) is 3.22. The average Bonchev–Trinajstić information content (AvgIpc) is 2.40. The highest BCUT2D eigenvalue weighted by Gasteiger charge is 2.15. The second kappa shape index (κ2) is 5.63. The molecule has 3 nitrogen and oxygen atoms in total. The van der Waals surface area contributed by atoms with Crippen molar-refractivity contribution in [3.8, 4) is 11.5 Å². The van der Waals surface area contributed by atoms with Gasteiger partial charge in [-0.15, -0.1) is 0 Å². The van der Waals surface area contributed by atoms with Gasteiger partial charge in [-0.25, -0.2) is 0 Å². The maximum atomic E-state index is 9.09. The maximum absolute atomic E-state index is 9.09. The first-order chi connectivity index (χ1) is 9.40. The van der Waals surface area contributed by atoms with E-state index in [4.69, 9.17) is 9.84 Å². The Hall–Kier alpha value is -1.87. The standard InChI is InChI=1S/C17H21NO2/c1-12-9-13(17(2,3)4)5-6-16(12)20-15-7-8-18-14(10-15)11-19/h5-10,19H,11H2,1-4H3. The van der Waals surface area contributed by atoms with Gasteiger partial charge in [-0.2, -0.15) is 0 Å². The van der Waals surface area contributed by atoms with Crippen molar-refractivity contribution in [1.82, 2.24) is 4.98 Å². The molecule has 3 heteroatoms. The number of aliphatic hydroxyl groups excluding tert-OH is 1. The van der Waals surface area contributed by atoms with Crippen LogP contribution in [0, 0.1) is 6.92 Å². The van der Waals surface area contributed by atoms with Crippen LogP contribution >= 0.6 is 0 Å². The molecular formula is C17H21NO2. The van der Waals surface area contributed by atoms with Crippen molar-refractivity contribution in [2.24, 2.45) is 0 Å². The minimum Gasteiger partial charge on any atom is -0.457 e. The zero-order chi connectivity index (χ0) is 14.8. The molecule has 0 saturated carbocycles. The van der Waals surface area contributed by atoms with Gasteiger partial charge >= 0.3 is 0 Å². The molecule has 1 aromatic heterocycles. The predicted molar refractivity (Wildman–Crippen MR) is 80.1 cm³/mol. The summed E-state index contributed by atoms with van der Waals surface area (Å²) in [6.45, 7) is 8.54. The molecule has 0 saturated heterocycles. The molecular weight excluding hydrogens is 250 g/mol. The van der Waals surface area contributed by atoms with E-state index in [2.05, 4.69) is 37.9 Å². The number of hydrogen-bond acceptors (Lipinski definition) is 3. The zero-order valence-corrected chi connectivity index (χ0v) is 12.5. The smallest absolute Gasteiger partial charge is 0.130 e. The Balaban J connectivity index is 2.25. The van der Waals surface area contributed by atoms with E-state index in [0.29, 0.717) is 11.4 Å². The number of ether oxygens (including phenoxy) is 1. The van der Waals surface area contributed by atoms with Gasteiger partial charge in [0.15, 0.2) is 0 Å². The summed E-state index contributed by atoms with van der Waals surface area (Å²) in [5, 5.41) is 9.09. The molecule has 0 aliphatic heterocycles. The number of nitrogens with zero attached hydrogens (tertiary/aromatic N) is 1. The Bertz CT molecular complexity index is 600. The Morgan fingerprint density at radius 1 is 1.15 bits per heavy atom. The van der Waals surface area contributed by atoms with E-state index in [1.54, 1.807) is 18.3 Å². The van der Waals surface area contributed by atoms with Gasteiger partial charge in [0, 0.05) is 12.3 Å². The van der Waals surface area contributed by atoms with Crippen LogP contribution in [0.3, 0.4) is 0 Å². The number of aromatic nitrogens is 1. The van der Waals surface area contributed by atoms with Crippen LogP contribution in [0.1, 0.15) is 37.6 Å². The van der Waals surface area contributed by atoms with Crippen molar-refractivity contribution < 1.29 is 9.84 Å². The Labute approximate surface area is 120 Å². The molecule has 0 amide bonds. The number of aliphatic hydroxyl groups is 1. The Kier molecular flexibility index (Phi) is 4.09. The van der Waals surface area contributed by atoms with Crippen LogP contribution < -0.4 is 4.74 Å². The zero-order valence-electron chi connectivity index (χ0n) is 12.5. The number of benzene rings is 1. The molecule has 0 unspecified atom stereocenters. The number of hydrogen-bond donors (Lipinski definition) is 1. The molecule has 20 heavy (non-hydrogen) atoms. The summed E-state index contributed by atoms with van der Waals surface area (Å²) >= 11 is 0. The predicted octanol–water partition coefficient (Wildman–Crippen LogP) is 3.97. The van der Waals surface area contributed by atoms with Crippen LogP contribution in [-0.2, 0) is 12.0 Å². The van der Waals surface area contributed by atoms with E-state index in [0.717, 1.165) is 11.3 Å². The SMILES string of the molecule is Cc1cc(C(C)(C)C)ccc1Oc1ccnc(CO)c1. The molecule has 0 bridgehead atoms. The van der Waals surface area contributed by atoms with Crippen LogP contribution in [0.25, 0.3) is 0 Å². The van der Waals surface area contributed by atoms with Gasteiger partial charge in [-0.3, -0.25) is 4.98 Å². The first-order valence-electron chi connectivity index (χ1n) is 6.75. The first kappa shape index (κ1) is 14.5. The van der Waals surface area contributed by atoms with E-state index >= 15 is 0 Å². The van der Waals surface area contributed by atoms with E-state index in [1.165, 1.54) is 5.56 Å². The number of aryl methyl sites for hydroxylation is 1. The van der Waals surface area contributed by atoms with Crippen molar-refractivity contribution in [3.63, 3.8) is 0 Å². The van der Waals surface area contributed by atoms with Crippen molar-refractivity contribution >= 4 is 0 Å². The van der Waals surface area contributed by atoms with Crippen LogP contribution in [0.5, 0.6) is 11.5 Å². The molecule has 2 aromatic rings. The molecule has 106 valence electrons. The quantitative estimate of drug-likeness (QED) is 0.918. The molecule has 0 spiro atoms. The summed E-state index contributed by atoms with van der Waals surface area (Å²) in [6, 6.07) is 9.78. The van der Waals surface area contributed by atoms with Gasteiger partial charge in [0.05, 0.1) is 12.3 Å². The summed E-state index contributed by atoms with van der Waals surface area (Å²) in [6.07, 6.45) is 1.64. The maximum Gasteiger partial charge on any atom is 0.130 e. The van der Waals surface area contributed by atoms with E-state index in [-0.39, 0.29) is 12.0 Å². The second-order valence-corrected chi connectivity index (χ2v) is 5.97. The van der Waals surface area contributed by atoms with E-state index in [9.17, 15) is 0 Å². The summed E-state index contributed by atoms with van der Waals surface area (Å²) < 4.78 is 5.87. The average molecular weight is 271 g/mol. The third-order valence-corrected chi connectivity index (χ3v) is 3.22. The fraction of sp³-hybridized carbons (Fsp3) is 0.353. The minimum absolute atomic E-state index is 0.0842. The highest BCUT2D eigenvalue weighted by molar-refractivity contribution is 5.41. The Morgan fingerprint density at radius 2 is 1.90 bits per heavy atom. The minimum atomic E-state index is -0.0842. The molecule has 0 aliphatic rings. The lowest BCUT2D eigenvalue weighted by molar-refractivity contribution is 0.276. The second-order valence-electron chi connectivity index (χ2n) is 5.97. The number of pyridine rings is 1. The summed E-state index contributed by atoms with van der Waals surface area (Å²) in [4.78, 5) is 4.04. The normalized spacial score (nSPS) is 11.4. The largest absolute Gasteiger partial charge is 0.457 e.